The van der Waals surface area contributed by atoms with Gasteiger partial charge in [0.2, 0.25) is 0 Å². The smallest absolute Gasteiger partial charge is 0.337 e. The van der Waals surface area contributed by atoms with E-state index in [9.17, 15) is 4.79 Å². The fraction of sp³-hybridized carbons (Fsp3) is 0. The van der Waals surface area contributed by atoms with Crippen molar-refractivity contribution in [2.45, 2.75) is 0 Å². The van der Waals surface area contributed by atoms with Crippen LogP contribution in [-0.4, -0.2) is 20.9 Å². The van der Waals surface area contributed by atoms with Gasteiger partial charge in [-0.15, -0.1) is 6.42 Å². The Bertz CT molecular complexity index is 565. The SMILES string of the molecule is C#Cc1cccc(C(=O)O)c1-n1cccn1. The maximum absolute atomic E-state index is 11.1. The Balaban J connectivity index is 2.75. The molecular formula is C12H8N2O2. The molecule has 0 aliphatic heterocycles. The molecule has 16 heavy (non-hydrogen) atoms. The minimum atomic E-state index is -1.03. The first-order valence-electron chi connectivity index (χ1n) is 4.57. The molecule has 0 radical (unpaired) electrons. The van der Waals surface area contributed by atoms with E-state index in [-0.39, 0.29) is 5.56 Å². The highest BCUT2D eigenvalue weighted by molar-refractivity contribution is 5.93. The number of hydrogen-bond acceptors (Lipinski definition) is 2. The molecule has 2 aromatic rings. The summed E-state index contributed by atoms with van der Waals surface area (Å²) in [7, 11) is 0. The minimum Gasteiger partial charge on any atom is -0.478 e. The summed E-state index contributed by atoms with van der Waals surface area (Å²) in [6.45, 7) is 0. The van der Waals surface area contributed by atoms with Crippen LogP contribution in [0.2, 0.25) is 0 Å². The van der Waals surface area contributed by atoms with Crippen LogP contribution in [0.4, 0.5) is 0 Å². The average Bonchev–Trinajstić information content (AvgIpc) is 2.81. The number of rotatable bonds is 2. The van der Waals surface area contributed by atoms with Crippen molar-refractivity contribution in [3.63, 3.8) is 0 Å². The van der Waals surface area contributed by atoms with E-state index in [1.54, 1.807) is 30.6 Å². The zero-order chi connectivity index (χ0) is 11.5. The first-order chi connectivity index (χ1) is 7.74. The molecule has 1 aromatic heterocycles. The predicted octanol–water partition coefficient (Wildman–Crippen LogP) is 1.55. The van der Waals surface area contributed by atoms with Crippen LogP contribution < -0.4 is 0 Å². The molecule has 0 unspecified atom stereocenters. The number of carbonyl (C=O) groups is 1. The standard InChI is InChI=1S/C12H8N2O2/c1-2-9-5-3-6-10(12(15)16)11(9)14-8-4-7-13-14/h1,3-8H,(H,15,16). The highest BCUT2D eigenvalue weighted by Crippen LogP contribution is 2.18. The molecule has 0 atom stereocenters. The van der Waals surface area contributed by atoms with Crippen LogP contribution in [0.3, 0.4) is 0 Å². The number of benzene rings is 1. The van der Waals surface area contributed by atoms with Crippen molar-refractivity contribution >= 4 is 5.97 Å². The van der Waals surface area contributed by atoms with Gasteiger partial charge in [0.05, 0.1) is 16.8 Å². The lowest BCUT2D eigenvalue weighted by Crippen LogP contribution is -2.07. The van der Waals surface area contributed by atoms with Crippen molar-refractivity contribution < 1.29 is 9.90 Å². The maximum atomic E-state index is 11.1. The Hall–Kier alpha value is -2.54. The summed E-state index contributed by atoms with van der Waals surface area (Å²) in [6, 6.07) is 6.51. The van der Waals surface area contributed by atoms with E-state index in [2.05, 4.69) is 11.0 Å². The molecule has 0 fully saturated rings. The van der Waals surface area contributed by atoms with Crippen molar-refractivity contribution in [2.75, 3.05) is 0 Å². The molecule has 0 saturated carbocycles. The monoisotopic (exact) mass is 212 g/mol. The second-order valence-corrected chi connectivity index (χ2v) is 3.10. The number of terminal acetylenes is 1. The summed E-state index contributed by atoms with van der Waals surface area (Å²) in [5, 5.41) is 13.1. The van der Waals surface area contributed by atoms with Crippen LogP contribution in [-0.2, 0) is 0 Å². The molecule has 0 amide bonds. The van der Waals surface area contributed by atoms with Crippen LogP contribution >= 0.6 is 0 Å². The summed E-state index contributed by atoms with van der Waals surface area (Å²) in [6.07, 6.45) is 8.57. The molecule has 2 rings (SSSR count). The van der Waals surface area contributed by atoms with E-state index in [0.717, 1.165) is 0 Å². The Morgan fingerprint density at radius 1 is 1.44 bits per heavy atom. The van der Waals surface area contributed by atoms with Crippen molar-refractivity contribution in [1.82, 2.24) is 9.78 Å². The molecule has 1 aromatic carbocycles. The van der Waals surface area contributed by atoms with Crippen LogP contribution in [0, 0.1) is 12.3 Å². The van der Waals surface area contributed by atoms with Crippen LogP contribution in [0.5, 0.6) is 0 Å². The zero-order valence-corrected chi connectivity index (χ0v) is 8.29. The summed E-state index contributed by atoms with van der Waals surface area (Å²) in [5.74, 6) is 1.43. The average molecular weight is 212 g/mol. The lowest BCUT2D eigenvalue weighted by molar-refractivity contribution is 0.0696. The molecule has 0 aliphatic carbocycles. The summed E-state index contributed by atoms with van der Waals surface area (Å²) in [4.78, 5) is 11.1. The lowest BCUT2D eigenvalue weighted by atomic mass is 10.1. The molecule has 78 valence electrons. The molecule has 0 spiro atoms. The lowest BCUT2D eigenvalue weighted by Gasteiger charge is -2.08. The topological polar surface area (TPSA) is 55.1 Å². The van der Waals surface area contributed by atoms with Crippen LogP contribution in [0.25, 0.3) is 5.69 Å². The van der Waals surface area contributed by atoms with Gasteiger partial charge in [0.25, 0.3) is 0 Å². The van der Waals surface area contributed by atoms with E-state index in [1.807, 2.05) is 0 Å². The van der Waals surface area contributed by atoms with Gasteiger partial charge in [-0.05, 0) is 18.2 Å². The highest BCUT2D eigenvalue weighted by Gasteiger charge is 2.14. The van der Waals surface area contributed by atoms with Gasteiger partial charge in [-0.1, -0.05) is 12.0 Å². The number of aromatic nitrogens is 2. The molecule has 1 heterocycles. The third-order valence-corrected chi connectivity index (χ3v) is 2.16. The van der Waals surface area contributed by atoms with E-state index in [1.165, 1.54) is 10.7 Å². The Labute approximate surface area is 92.1 Å². The van der Waals surface area contributed by atoms with Gasteiger partial charge in [0.1, 0.15) is 0 Å². The summed E-state index contributed by atoms with van der Waals surface area (Å²) >= 11 is 0. The van der Waals surface area contributed by atoms with E-state index in [0.29, 0.717) is 11.3 Å². The number of carboxylic acids is 1. The van der Waals surface area contributed by atoms with Gasteiger partial charge >= 0.3 is 5.97 Å². The van der Waals surface area contributed by atoms with Crippen molar-refractivity contribution in [2.24, 2.45) is 0 Å². The molecule has 1 N–H and O–H groups in total. The largest absolute Gasteiger partial charge is 0.478 e. The Kier molecular flexibility index (Phi) is 2.44. The number of aromatic carboxylic acids is 1. The highest BCUT2D eigenvalue weighted by atomic mass is 16.4. The van der Waals surface area contributed by atoms with Crippen molar-refractivity contribution in [1.29, 1.82) is 0 Å². The van der Waals surface area contributed by atoms with Gasteiger partial charge in [-0.25, -0.2) is 9.48 Å². The molecule has 4 nitrogen and oxygen atoms in total. The van der Waals surface area contributed by atoms with E-state index >= 15 is 0 Å². The number of nitrogens with zero attached hydrogens (tertiary/aromatic N) is 2. The number of carboxylic acid groups (broad SMARTS) is 1. The van der Waals surface area contributed by atoms with Gasteiger partial charge in [-0.3, -0.25) is 0 Å². The number of hydrogen-bond donors (Lipinski definition) is 1. The second-order valence-electron chi connectivity index (χ2n) is 3.10. The fourth-order valence-corrected chi connectivity index (χ4v) is 1.48. The minimum absolute atomic E-state index is 0.138. The first kappa shape index (κ1) is 9.99. The molecule has 0 aliphatic rings. The summed E-state index contributed by atoms with van der Waals surface area (Å²) in [5.41, 5.74) is 1.06. The second kappa shape index (κ2) is 3.91. The van der Waals surface area contributed by atoms with Crippen molar-refractivity contribution in [3.8, 4) is 18.0 Å². The number of para-hydroxylation sites is 1. The van der Waals surface area contributed by atoms with Gasteiger partial charge in [0, 0.05) is 12.4 Å². The van der Waals surface area contributed by atoms with Crippen molar-refractivity contribution in [3.05, 3.63) is 47.8 Å². The predicted molar refractivity (Wildman–Crippen MR) is 58.5 cm³/mol. The van der Waals surface area contributed by atoms with Gasteiger partial charge in [0.15, 0.2) is 0 Å². The fourth-order valence-electron chi connectivity index (χ4n) is 1.48. The van der Waals surface area contributed by atoms with Gasteiger partial charge in [-0.2, -0.15) is 5.10 Å². The third-order valence-electron chi connectivity index (χ3n) is 2.16. The summed E-state index contributed by atoms with van der Waals surface area (Å²) < 4.78 is 1.46. The van der Waals surface area contributed by atoms with E-state index < -0.39 is 5.97 Å². The molecular weight excluding hydrogens is 204 g/mol. The van der Waals surface area contributed by atoms with Crippen LogP contribution in [0.15, 0.2) is 36.7 Å². The van der Waals surface area contributed by atoms with Gasteiger partial charge < -0.3 is 5.11 Å². The zero-order valence-electron chi connectivity index (χ0n) is 8.29. The molecule has 0 saturated heterocycles. The normalized spacial score (nSPS) is 9.69. The quantitative estimate of drug-likeness (QED) is 0.768. The molecule has 0 bridgehead atoms. The third kappa shape index (κ3) is 1.55. The van der Waals surface area contributed by atoms with Crippen LogP contribution in [0.1, 0.15) is 15.9 Å². The van der Waals surface area contributed by atoms with E-state index in [4.69, 9.17) is 11.5 Å². The Morgan fingerprint density at radius 2 is 2.25 bits per heavy atom. The molecule has 4 heteroatoms. The first-order valence-corrected chi connectivity index (χ1v) is 4.57. The maximum Gasteiger partial charge on any atom is 0.337 e. The Morgan fingerprint density at radius 3 is 2.81 bits per heavy atom.